The van der Waals surface area contributed by atoms with Crippen molar-refractivity contribution >= 4 is 11.8 Å². The Morgan fingerprint density at radius 1 is 1.03 bits per heavy atom. The Hall–Kier alpha value is -2.69. The molecule has 0 unspecified atom stereocenters. The lowest BCUT2D eigenvalue weighted by Gasteiger charge is -2.43. The van der Waals surface area contributed by atoms with E-state index in [9.17, 15) is 9.59 Å². The average molecular weight is 420 g/mol. The number of carbonyl (C=O) groups excluding carboxylic acids is 2. The monoisotopic (exact) mass is 419 g/mol. The Balaban J connectivity index is 1.39. The van der Waals surface area contributed by atoms with Crippen molar-refractivity contribution in [2.45, 2.75) is 45.4 Å². The molecule has 3 heterocycles. The molecule has 4 rings (SSSR count). The maximum Gasteiger partial charge on any atom is 0.272 e. The second-order valence-electron chi connectivity index (χ2n) is 9.18. The van der Waals surface area contributed by atoms with Crippen molar-refractivity contribution in [3.8, 4) is 0 Å². The lowest BCUT2D eigenvalue weighted by atomic mass is 9.69. The fourth-order valence-corrected chi connectivity index (χ4v) is 5.24. The molecule has 0 saturated carbocycles. The van der Waals surface area contributed by atoms with Gasteiger partial charge in [0, 0.05) is 37.8 Å². The predicted octanol–water partition coefficient (Wildman–Crippen LogP) is 4.20. The minimum atomic E-state index is -0.326. The van der Waals surface area contributed by atoms with Crippen LogP contribution in [0.2, 0.25) is 0 Å². The van der Waals surface area contributed by atoms with Gasteiger partial charge in [0.05, 0.1) is 0 Å². The number of amides is 2. The lowest BCUT2D eigenvalue weighted by molar-refractivity contribution is -0.144. The third-order valence-corrected chi connectivity index (χ3v) is 7.23. The molecule has 2 fully saturated rings. The number of rotatable bonds is 5. The number of pyridine rings is 1. The molecule has 2 aliphatic rings. The molecule has 2 aliphatic heterocycles. The summed E-state index contributed by atoms with van der Waals surface area (Å²) >= 11 is 0. The van der Waals surface area contributed by atoms with Gasteiger partial charge in [-0.3, -0.25) is 14.6 Å². The molecule has 0 radical (unpaired) electrons. The number of aromatic nitrogens is 1. The van der Waals surface area contributed by atoms with Crippen molar-refractivity contribution in [3.63, 3.8) is 0 Å². The predicted molar refractivity (Wildman–Crippen MR) is 122 cm³/mol. The van der Waals surface area contributed by atoms with Crippen LogP contribution in [0, 0.1) is 11.3 Å². The average Bonchev–Trinajstić information content (AvgIpc) is 2.97. The van der Waals surface area contributed by atoms with E-state index in [2.05, 4.69) is 41.1 Å². The summed E-state index contributed by atoms with van der Waals surface area (Å²) in [6, 6.07) is 15.9. The van der Waals surface area contributed by atoms with E-state index in [0.717, 1.165) is 51.6 Å². The number of piperidine rings is 1. The fourth-order valence-electron chi connectivity index (χ4n) is 5.24. The first-order valence-electron chi connectivity index (χ1n) is 11.6. The molecule has 2 amide bonds. The van der Waals surface area contributed by atoms with Gasteiger partial charge in [0.2, 0.25) is 5.91 Å². The van der Waals surface area contributed by atoms with E-state index in [-0.39, 0.29) is 11.3 Å². The molecule has 1 aromatic carbocycles. The van der Waals surface area contributed by atoms with E-state index in [0.29, 0.717) is 30.6 Å². The standard InChI is InChI=1S/C26H33N3O2/c1-26(22-13-19-28(20-14-22)24(30)23-11-5-7-16-27-23)15-6-8-17-29(25(26)31)18-12-21-9-3-2-4-10-21/h2-5,7,9-11,16,22H,6,8,12-15,17-20H2,1H3/t26-/m1/s1. The highest BCUT2D eigenvalue weighted by atomic mass is 16.2. The number of hydrogen-bond acceptors (Lipinski definition) is 3. The summed E-state index contributed by atoms with van der Waals surface area (Å²) in [5.74, 6) is 0.640. The summed E-state index contributed by atoms with van der Waals surface area (Å²) in [7, 11) is 0. The third-order valence-electron chi connectivity index (χ3n) is 7.23. The number of benzene rings is 1. The molecule has 0 aliphatic carbocycles. The van der Waals surface area contributed by atoms with Crippen molar-refractivity contribution in [1.82, 2.24) is 14.8 Å². The van der Waals surface area contributed by atoms with Gasteiger partial charge in [0.25, 0.3) is 5.91 Å². The number of nitrogens with zero attached hydrogens (tertiary/aromatic N) is 3. The molecule has 0 spiro atoms. The fraction of sp³-hybridized carbons (Fsp3) is 0.500. The molecule has 2 saturated heterocycles. The van der Waals surface area contributed by atoms with Crippen LogP contribution < -0.4 is 0 Å². The Morgan fingerprint density at radius 3 is 2.48 bits per heavy atom. The topological polar surface area (TPSA) is 53.5 Å². The third kappa shape index (κ3) is 4.81. The van der Waals surface area contributed by atoms with Gasteiger partial charge in [-0.25, -0.2) is 0 Å². The van der Waals surface area contributed by atoms with Gasteiger partial charge in [0.1, 0.15) is 5.69 Å². The minimum Gasteiger partial charge on any atom is -0.342 e. The first-order valence-corrected chi connectivity index (χ1v) is 11.6. The molecule has 1 atom stereocenters. The lowest BCUT2D eigenvalue weighted by Crippen LogP contribution is -2.49. The van der Waals surface area contributed by atoms with Gasteiger partial charge in [-0.1, -0.05) is 49.7 Å². The Labute approximate surface area is 185 Å². The molecule has 1 aromatic heterocycles. The van der Waals surface area contributed by atoms with Crippen LogP contribution in [0.4, 0.5) is 0 Å². The second-order valence-corrected chi connectivity index (χ2v) is 9.18. The maximum absolute atomic E-state index is 13.7. The van der Waals surface area contributed by atoms with E-state index in [1.165, 1.54) is 5.56 Å². The van der Waals surface area contributed by atoms with Crippen molar-refractivity contribution in [2.24, 2.45) is 11.3 Å². The first kappa shape index (κ1) is 21.5. The van der Waals surface area contributed by atoms with Crippen LogP contribution in [0.5, 0.6) is 0 Å². The summed E-state index contributed by atoms with van der Waals surface area (Å²) in [6.45, 7) is 5.23. The molecular formula is C26H33N3O2. The van der Waals surface area contributed by atoms with E-state index in [1.807, 2.05) is 23.1 Å². The minimum absolute atomic E-state index is 0.000818. The quantitative estimate of drug-likeness (QED) is 0.730. The summed E-state index contributed by atoms with van der Waals surface area (Å²) in [5.41, 5.74) is 1.46. The molecule has 31 heavy (non-hydrogen) atoms. The highest BCUT2D eigenvalue weighted by Gasteiger charge is 2.45. The number of carbonyl (C=O) groups is 2. The van der Waals surface area contributed by atoms with E-state index in [4.69, 9.17) is 0 Å². The zero-order valence-corrected chi connectivity index (χ0v) is 18.5. The van der Waals surface area contributed by atoms with Crippen molar-refractivity contribution in [2.75, 3.05) is 26.2 Å². The maximum atomic E-state index is 13.7. The van der Waals surface area contributed by atoms with Crippen LogP contribution >= 0.6 is 0 Å². The Kier molecular flexibility index (Phi) is 6.69. The van der Waals surface area contributed by atoms with Gasteiger partial charge in [-0.15, -0.1) is 0 Å². The van der Waals surface area contributed by atoms with Crippen molar-refractivity contribution in [3.05, 3.63) is 66.0 Å². The van der Waals surface area contributed by atoms with Gasteiger partial charge in [0.15, 0.2) is 0 Å². The van der Waals surface area contributed by atoms with E-state index in [1.54, 1.807) is 12.3 Å². The number of likely N-dealkylation sites (tertiary alicyclic amines) is 2. The summed E-state index contributed by atoms with van der Waals surface area (Å²) in [6.07, 6.45) is 7.45. The van der Waals surface area contributed by atoms with Crippen LogP contribution in [0.3, 0.4) is 0 Å². The molecular weight excluding hydrogens is 386 g/mol. The van der Waals surface area contributed by atoms with Gasteiger partial charge >= 0.3 is 0 Å². The van der Waals surface area contributed by atoms with E-state index >= 15 is 0 Å². The second kappa shape index (κ2) is 9.63. The van der Waals surface area contributed by atoms with Crippen LogP contribution in [0.1, 0.15) is 55.1 Å². The Bertz CT molecular complexity index is 878. The SMILES string of the molecule is C[C@]1(C2CCN(C(=O)c3ccccn3)CC2)CCCCN(CCc2ccccc2)C1=O. The van der Waals surface area contributed by atoms with Crippen molar-refractivity contribution < 1.29 is 9.59 Å². The summed E-state index contributed by atoms with van der Waals surface area (Å²) < 4.78 is 0. The molecule has 2 aromatic rings. The van der Waals surface area contributed by atoms with Gasteiger partial charge < -0.3 is 9.80 Å². The highest BCUT2D eigenvalue weighted by Crippen LogP contribution is 2.42. The first-order chi connectivity index (χ1) is 15.1. The van der Waals surface area contributed by atoms with Crippen LogP contribution in [-0.2, 0) is 11.2 Å². The number of hydrogen-bond donors (Lipinski definition) is 0. The van der Waals surface area contributed by atoms with Gasteiger partial charge in [-0.2, -0.15) is 0 Å². The largest absolute Gasteiger partial charge is 0.342 e. The normalized spacial score (nSPS) is 22.9. The zero-order valence-electron chi connectivity index (χ0n) is 18.5. The Morgan fingerprint density at radius 2 is 1.77 bits per heavy atom. The summed E-state index contributed by atoms with van der Waals surface area (Å²) in [5, 5.41) is 0. The van der Waals surface area contributed by atoms with Crippen LogP contribution in [0.15, 0.2) is 54.7 Å². The van der Waals surface area contributed by atoms with Crippen molar-refractivity contribution in [1.29, 1.82) is 0 Å². The molecule has 0 N–H and O–H groups in total. The smallest absolute Gasteiger partial charge is 0.272 e. The summed E-state index contributed by atoms with van der Waals surface area (Å²) in [4.78, 5) is 34.6. The van der Waals surface area contributed by atoms with Crippen LogP contribution in [0.25, 0.3) is 0 Å². The molecule has 5 heteroatoms. The zero-order chi connectivity index (χ0) is 21.7. The highest BCUT2D eigenvalue weighted by molar-refractivity contribution is 5.92. The van der Waals surface area contributed by atoms with Gasteiger partial charge in [-0.05, 0) is 55.7 Å². The molecule has 0 bridgehead atoms. The molecule has 164 valence electrons. The van der Waals surface area contributed by atoms with Crippen LogP contribution in [-0.4, -0.2) is 52.8 Å². The molecule has 5 nitrogen and oxygen atoms in total. The van der Waals surface area contributed by atoms with E-state index < -0.39 is 0 Å².